The van der Waals surface area contributed by atoms with Crippen molar-refractivity contribution < 1.29 is 18.0 Å². The van der Waals surface area contributed by atoms with Gasteiger partial charge >= 0.3 is 5.51 Å². The maximum Gasteiger partial charge on any atom is 0.446 e. The lowest BCUT2D eigenvalue weighted by molar-refractivity contribution is -0.0329. The molecule has 1 nitrogen and oxygen atoms in total. The van der Waals surface area contributed by atoms with Crippen LogP contribution in [0.2, 0.25) is 0 Å². The molecule has 1 aromatic rings. The molecule has 1 rings (SSSR count). The van der Waals surface area contributed by atoms with Crippen molar-refractivity contribution in [2.75, 3.05) is 6.26 Å². The Kier molecular flexibility index (Phi) is 4.94. The minimum Gasteiger partial charge on any atom is -0.294 e. The van der Waals surface area contributed by atoms with E-state index in [1.54, 1.807) is 25.3 Å². The Morgan fingerprint density at radius 2 is 1.94 bits per heavy atom. The summed E-state index contributed by atoms with van der Waals surface area (Å²) in [5.74, 6) is -0.151. The summed E-state index contributed by atoms with van der Waals surface area (Å²) < 4.78 is 37.0. The smallest absolute Gasteiger partial charge is 0.294 e. The zero-order valence-electron chi connectivity index (χ0n) is 9.30. The number of hydrogen-bond donors (Lipinski definition) is 0. The van der Waals surface area contributed by atoms with E-state index >= 15 is 0 Å². The van der Waals surface area contributed by atoms with E-state index in [-0.39, 0.29) is 28.9 Å². The second kappa shape index (κ2) is 5.82. The van der Waals surface area contributed by atoms with Gasteiger partial charge in [0, 0.05) is 21.8 Å². The number of alkyl halides is 3. The molecule has 17 heavy (non-hydrogen) atoms. The molecule has 0 N–H and O–H groups in total. The second-order valence-electron chi connectivity index (χ2n) is 3.19. The molecule has 0 aromatic heterocycles. The minimum atomic E-state index is -4.33. The Balaban J connectivity index is 3.11. The molecule has 0 spiro atoms. The van der Waals surface area contributed by atoms with E-state index in [4.69, 9.17) is 0 Å². The third-order valence-corrected chi connectivity index (χ3v) is 3.75. The van der Waals surface area contributed by atoms with E-state index in [2.05, 4.69) is 0 Å². The van der Waals surface area contributed by atoms with Crippen LogP contribution in [0.25, 0.3) is 0 Å². The summed E-state index contributed by atoms with van der Waals surface area (Å²) in [7, 11) is 0. The lowest BCUT2D eigenvalue weighted by atomic mass is 10.1. The molecule has 0 radical (unpaired) electrons. The van der Waals surface area contributed by atoms with Gasteiger partial charge in [-0.15, -0.1) is 11.8 Å². The first kappa shape index (κ1) is 14.4. The zero-order valence-corrected chi connectivity index (χ0v) is 10.9. The number of thioether (sulfide) groups is 2. The number of ketones is 1. The van der Waals surface area contributed by atoms with Gasteiger partial charge in [0.1, 0.15) is 0 Å². The fraction of sp³-hybridized carbons (Fsp3) is 0.364. The molecule has 0 saturated heterocycles. The monoisotopic (exact) mass is 280 g/mol. The van der Waals surface area contributed by atoms with Gasteiger partial charge in [-0.3, -0.25) is 4.79 Å². The van der Waals surface area contributed by atoms with Crippen LogP contribution in [0.1, 0.15) is 23.7 Å². The third kappa shape index (κ3) is 4.27. The van der Waals surface area contributed by atoms with Crippen LogP contribution in [0.4, 0.5) is 13.2 Å². The fourth-order valence-electron chi connectivity index (χ4n) is 1.26. The van der Waals surface area contributed by atoms with E-state index in [0.29, 0.717) is 10.5 Å². The number of carbonyl (C=O) groups is 1. The Morgan fingerprint density at radius 1 is 1.29 bits per heavy atom. The van der Waals surface area contributed by atoms with E-state index in [1.165, 1.54) is 17.8 Å². The number of carbonyl (C=O) groups excluding carboxylic acids is 1. The van der Waals surface area contributed by atoms with Gasteiger partial charge in [-0.2, -0.15) is 13.2 Å². The Morgan fingerprint density at radius 3 is 2.41 bits per heavy atom. The lowest BCUT2D eigenvalue weighted by Crippen LogP contribution is -2.02. The quantitative estimate of drug-likeness (QED) is 0.592. The molecule has 0 aliphatic rings. The number of hydrogen-bond acceptors (Lipinski definition) is 3. The van der Waals surface area contributed by atoms with Crippen molar-refractivity contribution in [1.82, 2.24) is 0 Å². The van der Waals surface area contributed by atoms with Gasteiger partial charge in [-0.05, 0) is 30.2 Å². The minimum absolute atomic E-state index is 0.0873. The molecular formula is C11H11F3OS2. The normalized spacial score (nSPS) is 11.6. The molecule has 94 valence electrons. The standard InChI is InChI=1S/C11H11F3OS2/c1-3-8(15)7-4-5-9(16-2)10(6-7)17-11(12,13)14/h4-6H,3H2,1-2H3. The Bertz CT molecular complexity index is 416. The predicted molar refractivity (Wildman–Crippen MR) is 64.8 cm³/mol. The van der Waals surface area contributed by atoms with Crippen molar-refractivity contribution >= 4 is 29.3 Å². The maximum atomic E-state index is 12.3. The van der Waals surface area contributed by atoms with Crippen LogP contribution in [0.15, 0.2) is 28.0 Å². The van der Waals surface area contributed by atoms with Crippen molar-refractivity contribution in [1.29, 1.82) is 0 Å². The third-order valence-electron chi connectivity index (χ3n) is 2.03. The molecule has 0 atom stereocenters. The van der Waals surface area contributed by atoms with Crippen molar-refractivity contribution in [3.63, 3.8) is 0 Å². The number of benzene rings is 1. The van der Waals surface area contributed by atoms with Crippen LogP contribution < -0.4 is 0 Å². The highest BCUT2D eigenvalue weighted by Crippen LogP contribution is 2.41. The van der Waals surface area contributed by atoms with Crippen molar-refractivity contribution in [2.45, 2.75) is 28.6 Å². The molecule has 0 amide bonds. The number of halogens is 3. The van der Waals surface area contributed by atoms with Crippen LogP contribution in [0.5, 0.6) is 0 Å². The van der Waals surface area contributed by atoms with Gasteiger partial charge in [0.25, 0.3) is 0 Å². The summed E-state index contributed by atoms with van der Waals surface area (Å²) in [6, 6.07) is 4.44. The predicted octanol–water partition coefficient (Wildman–Crippen LogP) is 4.61. The highest BCUT2D eigenvalue weighted by molar-refractivity contribution is 8.02. The average molecular weight is 280 g/mol. The Hall–Kier alpha value is -0.620. The second-order valence-corrected chi connectivity index (χ2v) is 5.15. The molecule has 0 aliphatic heterocycles. The van der Waals surface area contributed by atoms with Gasteiger partial charge in [0.15, 0.2) is 5.78 Å². The van der Waals surface area contributed by atoms with E-state index < -0.39 is 5.51 Å². The summed E-state index contributed by atoms with van der Waals surface area (Å²) in [4.78, 5) is 12.0. The number of Topliss-reactive ketones (excluding diaryl/α,β-unsaturated/α-hetero) is 1. The van der Waals surface area contributed by atoms with Crippen LogP contribution in [0, 0.1) is 0 Å². The van der Waals surface area contributed by atoms with Gasteiger partial charge in [0.2, 0.25) is 0 Å². The fourth-order valence-corrected chi connectivity index (χ4v) is 2.70. The highest BCUT2D eigenvalue weighted by atomic mass is 32.2. The van der Waals surface area contributed by atoms with E-state index in [1.807, 2.05) is 0 Å². The van der Waals surface area contributed by atoms with Crippen LogP contribution in [0.3, 0.4) is 0 Å². The first-order valence-electron chi connectivity index (χ1n) is 4.84. The average Bonchev–Trinajstić information content (AvgIpc) is 2.25. The summed E-state index contributed by atoms with van der Waals surface area (Å²) in [5, 5.41) is 0. The van der Waals surface area contributed by atoms with E-state index in [9.17, 15) is 18.0 Å². The molecular weight excluding hydrogens is 269 g/mol. The molecule has 0 bridgehead atoms. The van der Waals surface area contributed by atoms with Crippen LogP contribution >= 0.6 is 23.5 Å². The summed E-state index contributed by atoms with van der Waals surface area (Å²) in [5.41, 5.74) is -4.00. The van der Waals surface area contributed by atoms with Crippen LogP contribution in [-0.2, 0) is 0 Å². The molecule has 0 fully saturated rings. The van der Waals surface area contributed by atoms with Gasteiger partial charge < -0.3 is 0 Å². The Labute approximate surface area is 106 Å². The molecule has 1 aromatic carbocycles. The van der Waals surface area contributed by atoms with Crippen molar-refractivity contribution in [2.24, 2.45) is 0 Å². The molecule has 0 saturated carbocycles. The molecule has 0 heterocycles. The van der Waals surface area contributed by atoms with Gasteiger partial charge in [-0.25, -0.2) is 0 Å². The zero-order chi connectivity index (χ0) is 13.1. The van der Waals surface area contributed by atoms with Crippen molar-refractivity contribution in [3.05, 3.63) is 23.8 Å². The SMILES string of the molecule is CCC(=O)c1ccc(SC)c(SC(F)(F)F)c1. The largest absolute Gasteiger partial charge is 0.446 e. The first-order chi connectivity index (χ1) is 7.87. The molecule has 0 aliphatic carbocycles. The highest BCUT2D eigenvalue weighted by Gasteiger charge is 2.30. The summed E-state index contributed by atoms with van der Waals surface area (Å²) in [6.45, 7) is 1.68. The van der Waals surface area contributed by atoms with Gasteiger partial charge in [-0.1, -0.05) is 13.0 Å². The summed E-state index contributed by atoms with van der Waals surface area (Å²) >= 11 is 1.05. The maximum absolute atomic E-state index is 12.3. The van der Waals surface area contributed by atoms with Crippen molar-refractivity contribution in [3.8, 4) is 0 Å². The van der Waals surface area contributed by atoms with Gasteiger partial charge in [0.05, 0.1) is 0 Å². The number of rotatable bonds is 4. The molecule has 0 unspecified atom stereocenters. The first-order valence-corrected chi connectivity index (χ1v) is 6.88. The topological polar surface area (TPSA) is 17.1 Å². The summed E-state index contributed by atoms with van der Waals surface area (Å²) in [6.07, 6.45) is 1.99. The van der Waals surface area contributed by atoms with Crippen LogP contribution in [-0.4, -0.2) is 17.5 Å². The van der Waals surface area contributed by atoms with E-state index in [0.717, 1.165) is 0 Å². The lowest BCUT2D eigenvalue weighted by Gasteiger charge is -2.10. The molecule has 6 heteroatoms.